The number of rotatable bonds is 6. The van der Waals surface area contributed by atoms with Crippen LogP contribution in [0.4, 0.5) is 5.95 Å². The summed E-state index contributed by atoms with van der Waals surface area (Å²) in [6.07, 6.45) is 7.47. The quantitative estimate of drug-likeness (QED) is 0.622. The minimum Gasteiger partial charge on any atom is -0.378 e. The number of ether oxygens (including phenoxy) is 1. The fourth-order valence-electron chi connectivity index (χ4n) is 5.43. The number of benzene rings is 1. The number of anilines is 1. The molecule has 1 aromatic heterocycles. The number of hydrogen-bond acceptors (Lipinski definition) is 6. The lowest BCUT2D eigenvalue weighted by Gasteiger charge is -2.44. The second kappa shape index (κ2) is 10.3. The van der Waals surface area contributed by atoms with Gasteiger partial charge in [0.2, 0.25) is 11.9 Å². The zero-order valence-corrected chi connectivity index (χ0v) is 19.5. The van der Waals surface area contributed by atoms with Crippen LogP contribution in [0.1, 0.15) is 44.1 Å². The Hall–Kier alpha value is -2.06. The molecule has 3 fully saturated rings. The van der Waals surface area contributed by atoms with E-state index in [1.807, 2.05) is 6.07 Å². The number of piperidine rings is 1. The monoisotopic (exact) mass is 455 g/mol. The van der Waals surface area contributed by atoms with Crippen LogP contribution >= 0.6 is 11.8 Å². The van der Waals surface area contributed by atoms with Crippen molar-refractivity contribution in [2.75, 3.05) is 43.5 Å². The number of carbonyl (C=O) groups is 1. The maximum atomic E-state index is 13.2. The van der Waals surface area contributed by atoms with Gasteiger partial charge in [-0.1, -0.05) is 54.9 Å². The third-order valence-corrected chi connectivity index (χ3v) is 8.01. The van der Waals surface area contributed by atoms with Gasteiger partial charge >= 0.3 is 0 Å². The van der Waals surface area contributed by atoms with Crippen molar-refractivity contribution in [2.24, 2.45) is 5.92 Å². The Kier molecular flexibility index (Phi) is 6.97. The topological polar surface area (TPSA) is 63.5 Å². The first-order valence-electron chi connectivity index (χ1n) is 12.0. The Morgan fingerprint density at radius 3 is 2.62 bits per heavy atom. The molecule has 3 aliphatic rings. The third kappa shape index (κ3) is 4.81. The third-order valence-electron chi connectivity index (χ3n) is 7.06. The number of thioether (sulfide) groups is 1. The lowest BCUT2D eigenvalue weighted by molar-refractivity contribution is -0.134. The molecule has 172 valence electrons. The molecule has 3 heterocycles. The molecule has 1 aromatic carbocycles. The van der Waals surface area contributed by atoms with Crippen molar-refractivity contribution in [1.29, 1.82) is 0 Å². The molecule has 32 heavy (non-hydrogen) atoms. The van der Waals surface area contributed by atoms with E-state index in [2.05, 4.69) is 48.8 Å². The van der Waals surface area contributed by atoms with Crippen LogP contribution in [0.15, 0.2) is 35.5 Å². The van der Waals surface area contributed by atoms with Gasteiger partial charge in [0.15, 0.2) is 5.16 Å². The van der Waals surface area contributed by atoms with Crippen molar-refractivity contribution >= 4 is 23.6 Å². The molecule has 1 saturated carbocycles. The molecule has 2 atom stereocenters. The summed E-state index contributed by atoms with van der Waals surface area (Å²) in [7, 11) is 0. The van der Waals surface area contributed by atoms with E-state index in [0.717, 1.165) is 37.2 Å². The van der Waals surface area contributed by atoms with Crippen molar-refractivity contribution in [3.63, 3.8) is 0 Å². The highest BCUT2D eigenvalue weighted by Crippen LogP contribution is 2.36. The molecular weight excluding hydrogens is 422 g/mol. The number of carbonyl (C=O) groups excluding carboxylic acids is 1. The summed E-state index contributed by atoms with van der Waals surface area (Å²) < 4.78 is 7.69. The van der Waals surface area contributed by atoms with Crippen molar-refractivity contribution in [2.45, 2.75) is 56.3 Å². The minimum atomic E-state index is 0.258. The van der Waals surface area contributed by atoms with Crippen molar-refractivity contribution < 1.29 is 9.53 Å². The molecule has 5 rings (SSSR count). The van der Waals surface area contributed by atoms with Crippen LogP contribution in [0.25, 0.3) is 0 Å². The van der Waals surface area contributed by atoms with E-state index in [1.165, 1.54) is 49.4 Å². The highest BCUT2D eigenvalue weighted by atomic mass is 32.2. The Bertz CT molecular complexity index is 897. The number of morpholine rings is 1. The van der Waals surface area contributed by atoms with E-state index in [9.17, 15) is 4.79 Å². The second-order valence-electron chi connectivity index (χ2n) is 9.08. The van der Waals surface area contributed by atoms with Gasteiger partial charge in [0.1, 0.15) is 0 Å². The summed E-state index contributed by atoms with van der Waals surface area (Å²) in [5, 5.41) is 9.86. The highest BCUT2D eigenvalue weighted by molar-refractivity contribution is 7.99. The molecule has 0 bridgehead atoms. The fourth-order valence-corrected chi connectivity index (χ4v) is 6.25. The minimum absolute atomic E-state index is 0.258. The number of hydrogen-bond donors (Lipinski definition) is 0. The molecule has 1 amide bonds. The predicted molar refractivity (Wildman–Crippen MR) is 126 cm³/mol. The number of aromatic nitrogens is 3. The van der Waals surface area contributed by atoms with Gasteiger partial charge < -0.3 is 14.5 Å². The molecule has 0 spiro atoms. The van der Waals surface area contributed by atoms with Gasteiger partial charge in [-0.15, -0.1) is 10.2 Å². The van der Waals surface area contributed by atoms with E-state index in [4.69, 9.17) is 4.74 Å². The molecule has 0 unspecified atom stereocenters. The Labute approximate surface area is 194 Å². The lowest BCUT2D eigenvalue weighted by Crippen LogP contribution is -2.50. The number of fused-ring (bicyclic) bond motifs is 1. The van der Waals surface area contributed by atoms with Crippen LogP contribution in [0, 0.1) is 5.92 Å². The second-order valence-corrected chi connectivity index (χ2v) is 10.0. The molecule has 0 N–H and O–H groups in total. The number of amides is 1. The number of likely N-dealkylation sites (tertiary alicyclic amines) is 1. The summed E-state index contributed by atoms with van der Waals surface area (Å²) >= 11 is 1.53. The largest absolute Gasteiger partial charge is 0.378 e. The predicted octanol–water partition coefficient (Wildman–Crippen LogP) is 3.44. The van der Waals surface area contributed by atoms with Gasteiger partial charge in [0, 0.05) is 25.7 Å². The van der Waals surface area contributed by atoms with Gasteiger partial charge in [-0.3, -0.25) is 9.36 Å². The standard InChI is InChI=1S/C24H33N5O2S/c30-22(28-12-6-10-20-9-4-5-11-21(20)28)18-32-24-26-25-23(27-13-15-31-16-14-27)29(24)17-19-7-2-1-3-8-19/h1-3,7-8,20-21H,4-6,9-18H2/t20-,21-/m1/s1. The fraction of sp³-hybridized carbons (Fsp3) is 0.625. The summed E-state index contributed by atoms with van der Waals surface area (Å²) in [6, 6.07) is 10.9. The molecule has 1 aliphatic carbocycles. The zero-order valence-electron chi connectivity index (χ0n) is 18.7. The summed E-state index contributed by atoms with van der Waals surface area (Å²) in [5.74, 6) is 2.27. The van der Waals surface area contributed by atoms with Crippen LogP contribution in [0.5, 0.6) is 0 Å². The van der Waals surface area contributed by atoms with E-state index < -0.39 is 0 Å². The Morgan fingerprint density at radius 2 is 1.78 bits per heavy atom. The van der Waals surface area contributed by atoms with Crippen LogP contribution in [0.3, 0.4) is 0 Å². The SMILES string of the molecule is O=C(CSc1nnc(N2CCOCC2)n1Cc1ccccc1)N1CCC[C@H]2CCCC[C@H]21. The molecule has 7 nitrogen and oxygen atoms in total. The van der Waals surface area contributed by atoms with E-state index >= 15 is 0 Å². The molecular formula is C24H33N5O2S. The maximum absolute atomic E-state index is 13.2. The first-order chi connectivity index (χ1) is 15.8. The van der Waals surface area contributed by atoms with Crippen LogP contribution in [0.2, 0.25) is 0 Å². The summed E-state index contributed by atoms with van der Waals surface area (Å²) in [6.45, 7) is 4.65. The molecule has 2 aliphatic heterocycles. The van der Waals surface area contributed by atoms with E-state index in [1.54, 1.807) is 0 Å². The summed E-state index contributed by atoms with van der Waals surface area (Å²) in [5.41, 5.74) is 1.20. The van der Waals surface area contributed by atoms with Gasteiger partial charge in [0.05, 0.1) is 25.5 Å². The average Bonchev–Trinajstić information content (AvgIpc) is 3.25. The van der Waals surface area contributed by atoms with E-state index in [0.29, 0.717) is 37.5 Å². The first kappa shape index (κ1) is 21.8. The molecule has 2 aromatic rings. The van der Waals surface area contributed by atoms with Crippen molar-refractivity contribution in [3.05, 3.63) is 35.9 Å². The van der Waals surface area contributed by atoms with Gasteiger partial charge in [-0.05, 0) is 37.2 Å². The maximum Gasteiger partial charge on any atom is 0.233 e. The van der Waals surface area contributed by atoms with Gasteiger partial charge in [-0.2, -0.15) is 0 Å². The van der Waals surface area contributed by atoms with Crippen LogP contribution < -0.4 is 4.90 Å². The lowest BCUT2D eigenvalue weighted by atomic mass is 9.78. The molecule has 8 heteroatoms. The van der Waals surface area contributed by atoms with Crippen molar-refractivity contribution in [1.82, 2.24) is 19.7 Å². The molecule has 2 saturated heterocycles. The molecule has 0 radical (unpaired) electrons. The van der Waals surface area contributed by atoms with E-state index in [-0.39, 0.29) is 5.91 Å². The van der Waals surface area contributed by atoms with Gasteiger partial charge in [0.25, 0.3) is 0 Å². The number of nitrogens with zero attached hydrogens (tertiary/aromatic N) is 5. The Morgan fingerprint density at radius 1 is 1.00 bits per heavy atom. The van der Waals surface area contributed by atoms with Crippen LogP contribution in [-0.2, 0) is 16.1 Å². The summed E-state index contributed by atoms with van der Waals surface area (Å²) in [4.78, 5) is 17.6. The first-order valence-corrected chi connectivity index (χ1v) is 13.0. The zero-order chi connectivity index (χ0) is 21.8. The van der Waals surface area contributed by atoms with Crippen LogP contribution in [-0.4, -0.2) is 70.2 Å². The van der Waals surface area contributed by atoms with Gasteiger partial charge in [-0.25, -0.2) is 0 Å². The normalized spacial score (nSPS) is 23.8. The highest BCUT2D eigenvalue weighted by Gasteiger charge is 2.35. The average molecular weight is 456 g/mol. The smallest absolute Gasteiger partial charge is 0.233 e. The van der Waals surface area contributed by atoms with Crippen molar-refractivity contribution in [3.8, 4) is 0 Å². The Balaban J connectivity index is 1.31.